The van der Waals surface area contributed by atoms with Crippen LogP contribution in [0.25, 0.3) is 10.8 Å². The molecule has 8 N–H and O–H groups in total. The monoisotopic (exact) mass is 468 g/mol. The van der Waals surface area contributed by atoms with E-state index in [1.807, 2.05) is 36.4 Å². The van der Waals surface area contributed by atoms with Crippen molar-refractivity contribution in [1.82, 2.24) is 0 Å². The van der Waals surface area contributed by atoms with Crippen molar-refractivity contribution >= 4 is 40.6 Å². The van der Waals surface area contributed by atoms with E-state index in [-0.39, 0.29) is 0 Å². The fourth-order valence-electron chi connectivity index (χ4n) is 1.99. The summed E-state index contributed by atoms with van der Waals surface area (Å²) in [4.78, 5) is 0. The second kappa shape index (κ2) is 6.60. The molecule has 28 heavy (non-hydrogen) atoms. The third-order valence-corrected chi connectivity index (χ3v) is 24.3. The molecular weight excluding hydrogens is 430 g/mol. The van der Waals surface area contributed by atoms with Gasteiger partial charge in [0.15, 0.2) is 13.1 Å². The molecule has 0 unspecified atom stereocenters. The lowest BCUT2D eigenvalue weighted by atomic mass is 10.1. The van der Waals surface area contributed by atoms with Crippen LogP contribution in [-0.2, 0) is 16.7 Å². The highest BCUT2D eigenvalue weighted by molar-refractivity contribution is 8.51. The van der Waals surface area contributed by atoms with Gasteiger partial charge in [-0.1, -0.05) is 12.1 Å². The first kappa shape index (κ1) is 24.0. The summed E-state index contributed by atoms with van der Waals surface area (Å²) in [7, 11) is -4.07. The Morgan fingerprint density at radius 2 is 1.18 bits per heavy atom. The lowest BCUT2D eigenvalue weighted by Gasteiger charge is -2.41. The van der Waals surface area contributed by atoms with Gasteiger partial charge in [-0.3, -0.25) is 22.0 Å². The number of rotatable bonds is 4. The number of hydrogen-bond donors (Lipinski definition) is 4. The van der Waals surface area contributed by atoms with Crippen molar-refractivity contribution in [3.8, 4) is 11.5 Å². The van der Waals surface area contributed by atoms with Gasteiger partial charge in [0, 0.05) is 5.39 Å². The molecular formula is C18H38N4O2P2S2. The third-order valence-electron chi connectivity index (χ3n) is 4.58. The Hall–Kier alpha value is -0.300. The number of hydrogen-bond acceptors (Lipinski definition) is 2. The van der Waals surface area contributed by atoms with Crippen LogP contribution in [0.5, 0.6) is 11.5 Å². The van der Waals surface area contributed by atoms with Gasteiger partial charge in [-0.15, -0.1) is 0 Å². The van der Waals surface area contributed by atoms with E-state index < -0.39 is 29.8 Å². The number of fused-ring (bicyclic) bond motifs is 1. The molecule has 2 rings (SSSR count). The fraction of sp³-hybridized carbons (Fsp3) is 0.444. The SMILES string of the molecule is CS(C)(C)(C)=P(N)(N)Oc1ccc2c(OP(N)(N)=S(C)(C)(C)C)cccc2c1. The summed E-state index contributed by atoms with van der Waals surface area (Å²) in [6, 6.07) is 11.6. The van der Waals surface area contributed by atoms with Gasteiger partial charge in [-0.2, -0.15) is 0 Å². The maximum absolute atomic E-state index is 6.49. The third kappa shape index (κ3) is 4.88. The lowest BCUT2D eigenvalue weighted by Crippen LogP contribution is -2.35. The highest BCUT2D eigenvalue weighted by atomic mass is 32.6. The Kier molecular flexibility index (Phi) is 5.65. The molecule has 0 heterocycles. The van der Waals surface area contributed by atoms with E-state index in [0.29, 0.717) is 11.5 Å². The minimum Gasteiger partial charge on any atom is -0.447 e. The highest BCUT2D eigenvalue weighted by Crippen LogP contribution is 2.49. The summed E-state index contributed by atoms with van der Waals surface area (Å²) in [5.41, 5.74) is 25.9. The average Bonchev–Trinajstić information content (AvgIpc) is 2.42. The Labute approximate surface area is 169 Å². The first-order chi connectivity index (χ1) is 12.2. The van der Waals surface area contributed by atoms with Gasteiger partial charge < -0.3 is 9.05 Å². The zero-order chi connectivity index (χ0) is 21.9. The first-order valence-electron chi connectivity index (χ1n) is 8.67. The van der Waals surface area contributed by atoms with Crippen molar-refractivity contribution in [2.24, 2.45) is 22.0 Å². The van der Waals surface area contributed by atoms with Gasteiger partial charge >= 0.3 is 0 Å². The molecule has 0 amide bonds. The predicted octanol–water partition coefficient (Wildman–Crippen LogP) is 3.21. The quantitative estimate of drug-likeness (QED) is 0.511. The van der Waals surface area contributed by atoms with Crippen LogP contribution in [-0.4, -0.2) is 50.0 Å². The van der Waals surface area contributed by atoms with E-state index in [9.17, 15) is 0 Å². The van der Waals surface area contributed by atoms with Crippen LogP contribution in [0.1, 0.15) is 0 Å². The molecule has 0 saturated carbocycles. The topological polar surface area (TPSA) is 123 Å². The molecule has 2 aromatic rings. The van der Waals surface area contributed by atoms with Crippen LogP contribution in [0, 0.1) is 0 Å². The van der Waals surface area contributed by atoms with Crippen molar-refractivity contribution < 1.29 is 9.05 Å². The Bertz CT molecular complexity index is 1100. The van der Waals surface area contributed by atoms with Crippen molar-refractivity contribution in [3.63, 3.8) is 0 Å². The molecule has 0 bridgehead atoms. The van der Waals surface area contributed by atoms with E-state index in [1.54, 1.807) is 0 Å². The minimum atomic E-state index is -2.59. The standard InChI is InChI=1S/C18H38N4O2P2S2/c1-27(2,3,4)25(19,20)23-16-12-13-17-15(14-16)10-9-11-18(17)24-26(21,22)28(5,6,7)8/h9-14H,19-22H2,1-8H3. The van der Waals surface area contributed by atoms with Gasteiger partial charge in [-0.05, 0) is 79.7 Å². The van der Waals surface area contributed by atoms with Crippen LogP contribution < -0.4 is 31.1 Å². The predicted molar refractivity (Wildman–Crippen MR) is 138 cm³/mol. The van der Waals surface area contributed by atoms with Crippen molar-refractivity contribution in [1.29, 1.82) is 0 Å². The summed E-state index contributed by atoms with van der Waals surface area (Å²) in [5.74, 6) is 1.35. The zero-order valence-corrected chi connectivity index (χ0v) is 21.7. The fourth-order valence-corrected chi connectivity index (χ4v) is 5.78. The van der Waals surface area contributed by atoms with Crippen LogP contribution in [0.15, 0.2) is 36.4 Å². The normalized spacial score (nSPS) is 16.7. The van der Waals surface area contributed by atoms with Crippen LogP contribution in [0.4, 0.5) is 0 Å². The largest absolute Gasteiger partial charge is 0.447 e. The lowest BCUT2D eigenvalue weighted by molar-refractivity contribution is 0.611. The van der Waals surface area contributed by atoms with E-state index in [4.69, 9.17) is 31.1 Å². The van der Waals surface area contributed by atoms with E-state index in [1.165, 1.54) is 0 Å². The summed E-state index contributed by atoms with van der Waals surface area (Å²) in [6.07, 6.45) is 16.9. The first-order valence-corrected chi connectivity index (χ1v) is 20.9. The molecule has 0 atom stereocenters. The summed E-state index contributed by atoms with van der Waals surface area (Å²) in [6.45, 7) is -5.16. The van der Waals surface area contributed by atoms with Gasteiger partial charge in [0.2, 0.25) is 0 Å². The van der Waals surface area contributed by atoms with Crippen LogP contribution >= 0.6 is 13.1 Å². The van der Waals surface area contributed by atoms with Gasteiger partial charge in [0.1, 0.15) is 11.5 Å². The molecule has 0 aliphatic heterocycles. The van der Waals surface area contributed by atoms with E-state index >= 15 is 0 Å². The van der Waals surface area contributed by atoms with Crippen LogP contribution in [0.2, 0.25) is 0 Å². The van der Waals surface area contributed by atoms with Gasteiger partial charge in [0.05, 0.1) is 0 Å². The second-order valence-electron chi connectivity index (χ2n) is 10.5. The number of benzene rings is 2. The Balaban J connectivity index is 2.59. The summed E-state index contributed by atoms with van der Waals surface area (Å²) >= 11 is 0. The molecule has 10 heteroatoms. The van der Waals surface area contributed by atoms with Crippen molar-refractivity contribution in [3.05, 3.63) is 36.4 Å². The molecule has 6 nitrogen and oxygen atoms in total. The summed E-state index contributed by atoms with van der Waals surface area (Å²) in [5, 5.41) is 1.89. The smallest absolute Gasteiger partial charge is 0.187 e. The maximum atomic E-state index is 6.49. The molecule has 0 saturated heterocycles. The van der Waals surface area contributed by atoms with Gasteiger partial charge in [-0.25, -0.2) is 16.7 Å². The van der Waals surface area contributed by atoms with E-state index in [0.717, 1.165) is 10.8 Å². The maximum Gasteiger partial charge on any atom is 0.187 e. The average molecular weight is 469 g/mol. The molecule has 0 spiro atoms. The minimum absolute atomic E-state index is 0.662. The summed E-state index contributed by atoms with van der Waals surface area (Å²) < 4.78 is 12.4. The Morgan fingerprint density at radius 3 is 1.68 bits per heavy atom. The highest BCUT2D eigenvalue weighted by Gasteiger charge is 2.26. The van der Waals surface area contributed by atoms with Crippen LogP contribution in [0.3, 0.4) is 0 Å². The molecule has 0 fully saturated rings. The van der Waals surface area contributed by atoms with E-state index in [2.05, 4.69) is 50.0 Å². The molecule has 0 aromatic heterocycles. The van der Waals surface area contributed by atoms with Gasteiger partial charge in [0.25, 0.3) is 0 Å². The zero-order valence-electron chi connectivity index (χ0n) is 18.3. The Morgan fingerprint density at radius 1 is 0.679 bits per heavy atom. The molecule has 2 aromatic carbocycles. The number of nitrogens with two attached hydrogens (primary N) is 4. The molecule has 0 aliphatic rings. The molecule has 164 valence electrons. The molecule has 0 aliphatic carbocycles. The molecule has 0 radical (unpaired) electrons. The van der Waals surface area contributed by atoms with Crippen molar-refractivity contribution in [2.75, 3.05) is 50.0 Å². The second-order valence-corrected chi connectivity index (χ2v) is 38.3. The van der Waals surface area contributed by atoms with Crippen molar-refractivity contribution in [2.45, 2.75) is 0 Å².